The van der Waals surface area contributed by atoms with Gasteiger partial charge in [0.05, 0.1) is 23.4 Å². The molecule has 0 amide bonds. The summed E-state index contributed by atoms with van der Waals surface area (Å²) in [5, 5.41) is 12.7. The highest BCUT2D eigenvalue weighted by molar-refractivity contribution is 7.92. The second kappa shape index (κ2) is 11.0. The van der Waals surface area contributed by atoms with Crippen LogP contribution in [0, 0.1) is 5.82 Å². The van der Waals surface area contributed by atoms with E-state index in [1.807, 2.05) is 41.1 Å². The lowest BCUT2D eigenvalue weighted by Gasteiger charge is -2.27. The standard InChI is InChI=1S/C26H24FN5O6S3/c1-37-15-16-7-9-17(10-8-16)18-11-12-21-22(13-18)39-25(30-21)26(40(2,33)34,19-5-3-4-6-20(19)27)24-32-31-23(38-24)14-29-41(28,35)36/h3-13,29H,14-15H2,1-2H3,(H2,28,35,36). The second-order valence-electron chi connectivity index (χ2n) is 9.13. The van der Waals surface area contributed by atoms with Crippen LogP contribution in [0.1, 0.15) is 27.9 Å². The zero-order valence-electron chi connectivity index (χ0n) is 21.7. The summed E-state index contributed by atoms with van der Waals surface area (Å²) in [6.45, 7) is -0.0219. The van der Waals surface area contributed by atoms with Crippen LogP contribution in [-0.4, -0.2) is 45.4 Å². The topological polar surface area (TPSA) is 167 Å². The zero-order chi connectivity index (χ0) is 29.4. The SMILES string of the molecule is COCc1ccc(-c2ccc3nc(C(c4nnc(CNS(N)(=O)=O)o4)(c4ccccc4F)S(C)(=O)=O)sc3c2)cc1. The van der Waals surface area contributed by atoms with Gasteiger partial charge in [0.15, 0.2) is 9.84 Å². The molecule has 0 saturated carbocycles. The van der Waals surface area contributed by atoms with Gasteiger partial charge in [-0.25, -0.2) is 22.9 Å². The Morgan fingerprint density at radius 2 is 1.73 bits per heavy atom. The Kier molecular flexibility index (Phi) is 7.76. The van der Waals surface area contributed by atoms with E-state index in [2.05, 4.69) is 15.2 Å². The lowest BCUT2D eigenvalue weighted by molar-refractivity contribution is 0.185. The number of halogens is 1. The molecule has 214 valence electrons. The minimum atomic E-state index is -4.32. The van der Waals surface area contributed by atoms with E-state index in [1.165, 1.54) is 18.2 Å². The Bertz CT molecular complexity index is 1940. The van der Waals surface area contributed by atoms with Gasteiger partial charge in [0.1, 0.15) is 10.8 Å². The lowest BCUT2D eigenvalue weighted by Crippen LogP contribution is -2.39. The molecule has 41 heavy (non-hydrogen) atoms. The number of fused-ring (bicyclic) bond motifs is 1. The van der Waals surface area contributed by atoms with Crippen molar-refractivity contribution < 1.29 is 30.4 Å². The fourth-order valence-corrected chi connectivity index (χ4v) is 7.76. The van der Waals surface area contributed by atoms with Crippen molar-refractivity contribution in [3.05, 3.63) is 100 Å². The van der Waals surface area contributed by atoms with E-state index >= 15 is 4.39 Å². The summed E-state index contributed by atoms with van der Waals surface area (Å²) < 4.78 is 76.7. The second-order valence-corrected chi connectivity index (χ2v) is 13.7. The number of methoxy groups -OCH3 is 1. The van der Waals surface area contributed by atoms with Crippen LogP contribution in [0.25, 0.3) is 21.3 Å². The molecule has 0 bridgehead atoms. The van der Waals surface area contributed by atoms with Gasteiger partial charge in [-0.3, -0.25) is 0 Å². The van der Waals surface area contributed by atoms with Crippen LogP contribution in [0.2, 0.25) is 0 Å². The summed E-state index contributed by atoms with van der Waals surface area (Å²) in [4.78, 5) is 4.61. The van der Waals surface area contributed by atoms with E-state index < -0.39 is 43.0 Å². The molecule has 3 aromatic carbocycles. The molecule has 5 aromatic rings. The van der Waals surface area contributed by atoms with E-state index in [0.717, 1.165) is 40.3 Å². The first-order valence-corrected chi connectivity index (χ1v) is 16.2. The molecule has 15 heteroatoms. The highest BCUT2D eigenvalue weighted by Crippen LogP contribution is 2.47. The first-order chi connectivity index (χ1) is 19.4. The van der Waals surface area contributed by atoms with Gasteiger partial charge in [-0.1, -0.05) is 48.5 Å². The highest BCUT2D eigenvalue weighted by Gasteiger charge is 2.55. The molecular weight excluding hydrogens is 594 g/mol. The average molecular weight is 618 g/mol. The maximum absolute atomic E-state index is 15.4. The molecule has 0 spiro atoms. The molecule has 1 unspecified atom stereocenters. The van der Waals surface area contributed by atoms with Crippen molar-refractivity contribution in [1.29, 1.82) is 0 Å². The molecule has 2 aromatic heterocycles. The summed E-state index contributed by atoms with van der Waals surface area (Å²) in [5.41, 5.74) is 3.00. The number of benzene rings is 3. The van der Waals surface area contributed by atoms with E-state index in [4.69, 9.17) is 14.3 Å². The Morgan fingerprint density at radius 1 is 1.02 bits per heavy atom. The molecule has 11 nitrogen and oxygen atoms in total. The fourth-order valence-electron chi connectivity index (χ4n) is 4.43. The van der Waals surface area contributed by atoms with Gasteiger partial charge >= 0.3 is 0 Å². The Morgan fingerprint density at radius 3 is 2.39 bits per heavy atom. The van der Waals surface area contributed by atoms with Crippen LogP contribution in [0.15, 0.2) is 71.1 Å². The van der Waals surface area contributed by atoms with Crippen molar-refractivity contribution in [1.82, 2.24) is 19.9 Å². The average Bonchev–Trinajstić information content (AvgIpc) is 3.56. The van der Waals surface area contributed by atoms with Crippen molar-refractivity contribution in [2.45, 2.75) is 17.9 Å². The predicted octanol–water partition coefficient (Wildman–Crippen LogP) is 3.26. The maximum Gasteiger partial charge on any atom is 0.274 e. The maximum atomic E-state index is 15.4. The van der Waals surface area contributed by atoms with Crippen LogP contribution >= 0.6 is 11.3 Å². The third-order valence-electron chi connectivity index (χ3n) is 6.29. The molecule has 0 aliphatic carbocycles. The van der Waals surface area contributed by atoms with Crippen molar-refractivity contribution in [3.8, 4) is 11.1 Å². The van der Waals surface area contributed by atoms with Crippen LogP contribution < -0.4 is 9.86 Å². The third kappa shape index (κ3) is 5.64. The number of thiazole rings is 1. The van der Waals surface area contributed by atoms with E-state index in [9.17, 15) is 16.8 Å². The van der Waals surface area contributed by atoms with Gasteiger partial charge in [0.2, 0.25) is 16.5 Å². The molecule has 3 N–H and O–H groups in total. The molecule has 0 aliphatic rings. The molecule has 0 radical (unpaired) electrons. The van der Waals surface area contributed by atoms with Crippen LogP contribution in [0.4, 0.5) is 4.39 Å². The number of hydrogen-bond acceptors (Lipinski definition) is 10. The van der Waals surface area contributed by atoms with Crippen LogP contribution in [0.3, 0.4) is 0 Å². The number of nitrogens with two attached hydrogens (primary N) is 1. The largest absolute Gasteiger partial charge is 0.421 e. The van der Waals surface area contributed by atoms with E-state index in [0.29, 0.717) is 16.8 Å². The normalized spacial score (nSPS) is 13.9. The number of nitrogens with one attached hydrogen (secondary N) is 1. The Labute approximate surface area is 239 Å². The Hall–Kier alpha value is -3.60. The fraction of sp³-hybridized carbons (Fsp3) is 0.192. The van der Waals surface area contributed by atoms with E-state index in [1.54, 1.807) is 13.2 Å². The van der Waals surface area contributed by atoms with Crippen molar-refractivity contribution in [2.75, 3.05) is 13.4 Å². The molecule has 0 aliphatic heterocycles. The smallest absolute Gasteiger partial charge is 0.274 e. The Balaban J connectivity index is 1.70. The van der Waals surface area contributed by atoms with Crippen molar-refractivity contribution in [2.24, 2.45) is 5.14 Å². The first kappa shape index (κ1) is 28.9. The zero-order valence-corrected chi connectivity index (χ0v) is 24.2. The molecule has 2 heterocycles. The number of sulfone groups is 1. The van der Waals surface area contributed by atoms with Gasteiger partial charge in [0.25, 0.3) is 10.2 Å². The monoisotopic (exact) mass is 617 g/mol. The molecular formula is C26H24FN5O6S3. The van der Waals surface area contributed by atoms with E-state index in [-0.39, 0.29) is 16.5 Å². The van der Waals surface area contributed by atoms with Crippen LogP contribution in [-0.2, 0) is 42.7 Å². The molecule has 0 fully saturated rings. The number of rotatable bonds is 10. The summed E-state index contributed by atoms with van der Waals surface area (Å²) in [6, 6.07) is 18.6. The third-order valence-corrected chi connectivity index (χ3v) is 9.80. The van der Waals surface area contributed by atoms with Gasteiger partial charge in [-0.05, 0) is 34.9 Å². The summed E-state index contributed by atoms with van der Waals surface area (Å²) in [7, 11) is -6.81. The number of aromatic nitrogens is 3. The summed E-state index contributed by atoms with van der Waals surface area (Å²) >= 11 is 1.04. The number of hydrogen-bond donors (Lipinski definition) is 2. The highest BCUT2D eigenvalue weighted by atomic mass is 32.2. The minimum absolute atomic E-state index is 0.0256. The van der Waals surface area contributed by atoms with Crippen molar-refractivity contribution >= 4 is 41.6 Å². The number of ether oxygens (including phenoxy) is 1. The van der Waals surface area contributed by atoms with Crippen LogP contribution in [0.5, 0.6) is 0 Å². The predicted molar refractivity (Wildman–Crippen MR) is 151 cm³/mol. The van der Waals surface area contributed by atoms with Crippen molar-refractivity contribution in [3.63, 3.8) is 0 Å². The quantitative estimate of drug-likeness (QED) is 0.239. The minimum Gasteiger partial charge on any atom is -0.421 e. The van der Waals surface area contributed by atoms with Gasteiger partial charge in [-0.15, -0.1) is 21.5 Å². The first-order valence-electron chi connectivity index (χ1n) is 12.0. The molecule has 1 atom stereocenters. The lowest BCUT2D eigenvalue weighted by atomic mass is 9.97. The summed E-state index contributed by atoms with van der Waals surface area (Å²) in [6.07, 6.45) is 0.922. The number of nitrogens with zero attached hydrogens (tertiary/aromatic N) is 3. The molecule has 0 saturated heterocycles. The van der Waals surface area contributed by atoms with Gasteiger partial charge in [0, 0.05) is 18.9 Å². The van der Waals surface area contributed by atoms with Gasteiger partial charge < -0.3 is 9.15 Å². The van der Waals surface area contributed by atoms with Gasteiger partial charge in [-0.2, -0.15) is 13.1 Å². The summed E-state index contributed by atoms with van der Waals surface area (Å²) in [5.74, 6) is -1.61. The molecule has 5 rings (SSSR count).